The predicted molar refractivity (Wildman–Crippen MR) is 154 cm³/mol. The number of anilines is 2. The lowest BCUT2D eigenvalue weighted by Gasteiger charge is -2.22. The molecule has 18 heteroatoms. The van der Waals surface area contributed by atoms with Gasteiger partial charge >= 0.3 is 12.4 Å². The molecule has 0 aliphatic carbocycles. The number of nitrogens with zero attached hydrogens (tertiary/aromatic N) is 4. The van der Waals surface area contributed by atoms with Crippen molar-refractivity contribution in [3.8, 4) is 0 Å². The molecule has 1 aliphatic heterocycles. The van der Waals surface area contributed by atoms with Crippen LogP contribution >= 0.6 is 0 Å². The van der Waals surface area contributed by atoms with Crippen molar-refractivity contribution >= 4 is 48.7 Å². The normalized spacial score (nSPS) is 15.6. The zero-order valence-corrected chi connectivity index (χ0v) is 25.5. The van der Waals surface area contributed by atoms with Crippen LogP contribution in [0.1, 0.15) is 29.8 Å². The predicted octanol–water partition coefficient (Wildman–Crippen LogP) is 4.87. The van der Waals surface area contributed by atoms with E-state index in [0.717, 1.165) is 24.3 Å². The van der Waals surface area contributed by atoms with Gasteiger partial charge in [-0.1, -0.05) is 6.08 Å². The summed E-state index contributed by atoms with van der Waals surface area (Å²) in [6.45, 7) is -0.163. The Balaban J connectivity index is 1.78. The Kier molecular flexibility index (Phi) is 9.36. The number of fused-ring (bicyclic) bond motifs is 2. The molecule has 2 aromatic carbocycles. The first-order chi connectivity index (χ1) is 20.7. The van der Waals surface area contributed by atoms with Crippen LogP contribution in [0.2, 0.25) is 0 Å². The van der Waals surface area contributed by atoms with Crippen LogP contribution in [0.15, 0.2) is 54.4 Å². The molecule has 0 spiro atoms. The quantitative estimate of drug-likeness (QED) is 0.176. The maximum Gasteiger partial charge on any atom is 0.416 e. The number of imidazole rings is 1. The first-order valence-electron chi connectivity index (χ1n) is 13.3. The summed E-state index contributed by atoms with van der Waals surface area (Å²) in [6, 6.07) is 6.20. The number of aryl methyl sites for hydroxylation is 2. The van der Waals surface area contributed by atoms with Crippen LogP contribution in [0.4, 0.5) is 37.7 Å². The fourth-order valence-electron chi connectivity index (χ4n) is 5.16. The third kappa shape index (κ3) is 7.98. The summed E-state index contributed by atoms with van der Waals surface area (Å²) in [5.74, 6) is -0.590. The maximum atomic E-state index is 13.5. The van der Waals surface area contributed by atoms with Gasteiger partial charge in [0, 0.05) is 32.2 Å². The van der Waals surface area contributed by atoms with Gasteiger partial charge in [0.15, 0.2) is 11.0 Å². The van der Waals surface area contributed by atoms with E-state index in [1.54, 1.807) is 23.6 Å². The van der Waals surface area contributed by atoms with Crippen molar-refractivity contribution in [1.29, 1.82) is 0 Å². The summed E-state index contributed by atoms with van der Waals surface area (Å²) in [6.07, 6.45) is -5.02. The SMILES string of the molecule is CN1/C(=C\C=C\c2n(CCCS(=O)(=O)O)c3cc(C(F)(F)F)ccc3[n+]2C)N(CCCS(=O)(=O)O)c2cc(C(F)(F)F)ccc21. The van der Waals surface area contributed by atoms with E-state index in [1.165, 1.54) is 39.8 Å². The molecule has 1 aromatic heterocycles. The molecule has 0 unspecified atom stereocenters. The van der Waals surface area contributed by atoms with Crippen molar-refractivity contribution in [3.63, 3.8) is 0 Å². The highest BCUT2D eigenvalue weighted by Crippen LogP contribution is 2.44. The molecule has 45 heavy (non-hydrogen) atoms. The topological polar surface area (TPSA) is 124 Å². The largest absolute Gasteiger partial charge is 0.416 e. The van der Waals surface area contributed by atoms with Crippen molar-refractivity contribution in [1.82, 2.24) is 4.57 Å². The fraction of sp³-hybridized carbons (Fsp3) is 0.370. The minimum atomic E-state index is -4.65. The van der Waals surface area contributed by atoms with Gasteiger partial charge < -0.3 is 9.80 Å². The molecule has 0 radical (unpaired) electrons. The highest BCUT2D eigenvalue weighted by molar-refractivity contribution is 7.86. The average molecular weight is 684 g/mol. The molecular weight excluding hydrogens is 654 g/mol. The van der Waals surface area contributed by atoms with Crippen LogP contribution < -0.4 is 14.4 Å². The Morgan fingerprint density at radius 1 is 0.822 bits per heavy atom. The molecule has 2 N–H and O–H groups in total. The summed E-state index contributed by atoms with van der Waals surface area (Å²) >= 11 is 0. The van der Waals surface area contributed by atoms with E-state index in [-0.39, 0.29) is 37.1 Å². The zero-order valence-electron chi connectivity index (χ0n) is 23.8. The number of halogens is 6. The van der Waals surface area contributed by atoms with Crippen LogP contribution in [0.25, 0.3) is 17.1 Å². The molecule has 3 aromatic rings. The minimum absolute atomic E-state index is 0.0813. The summed E-state index contributed by atoms with van der Waals surface area (Å²) in [4.78, 5) is 3.03. The lowest BCUT2D eigenvalue weighted by molar-refractivity contribution is -0.647. The van der Waals surface area contributed by atoms with Gasteiger partial charge in [-0.25, -0.2) is 9.13 Å². The first-order valence-corrected chi connectivity index (χ1v) is 16.5. The standard InChI is InChI=1S/C27H28F6N4O6S2/c1-34-20-10-8-18(26(28,29)30)16-22(20)36(12-4-14-44(38,39)40)24(34)6-3-7-25-35(2)21-11-9-19(27(31,32)33)17-23(21)37(25)13-5-15-45(41,42)43/h3,6-11,16-17H,4-5,12-15H2,1-2H3,(H-,38,39,40,41,42,43)/p+1. The molecule has 0 saturated heterocycles. The Bertz CT molecular complexity index is 1880. The average Bonchev–Trinajstić information content (AvgIpc) is 3.31. The second-order valence-electron chi connectivity index (χ2n) is 10.3. The van der Waals surface area contributed by atoms with E-state index in [1.807, 2.05) is 0 Å². The molecule has 0 atom stereocenters. The van der Waals surface area contributed by atoms with E-state index in [2.05, 4.69) is 0 Å². The highest BCUT2D eigenvalue weighted by Gasteiger charge is 2.36. The van der Waals surface area contributed by atoms with Crippen LogP contribution in [-0.4, -0.2) is 55.6 Å². The van der Waals surface area contributed by atoms with Gasteiger partial charge in [-0.15, -0.1) is 0 Å². The number of rotatable bonds is 10. The van der Waals surface area contributed by atoms with E-state index in [0.29, 0.717) is 22.8 Å². The van der Waals surface area contributed by atoms with Gasteiger partial charge in [0.05, 0.1) is 47.6 Å². The van der Waals surface area contributed by atoms with Gasteiger partial charge in [-0.05, 0) is 42.8 Å². The second-order valence-corrected chi connectivity index (χ2v) is 13.5. The van der Waals surface area contributed by atoms with E-state index in [9.17, 15) is 43.2 Å². The second kappa shape index (κ2) is 12.3. The van der Waals surface area contributed by atoms with Gasteiger partial charge in [-0.3, -0.25) is 9.11 Å². The number of hydrogen-bond donors (Lipinski definition) is 2. The number of allylic oxidation sites excluding steroid dienone is 2. The number of hydrogen-bond acceptors (Lipinski definition) is 6. The lowest BCUT2D eigenvalue weighted by atomic mass is 10.1. The van der Waals surface area contributed by atoms with Crippen molar-refractivity contribution in [2.75, 3.05) is 34.9 Å². The maximum absolute atomic E-state index is 13.5. The Hall–Kier alpha value is -3.61. The van der Waals surface area contributed by atoms with Gasteiger partial charge in [0.1, 0.15) is 5.82 Å². The van der Waals surface area contributed by atoms with Crippen molar-refractivity contribution in [2.45, 2.75) is 31.7 Å². The van der Waals surface area contributed by atoms with Gasteiger partial charge in [0.25, 0.3) is 26.1 Å². The monoisotopic (exact) mass is 683 g/mol. The zero-order chi connectivity index (χ0) is 33.5. The molecule has 0 bridgehead atoms. The van der Waals surface area contributed by atoms with Crippen LogP contribution in [-0.2, 0) is 46.2 Å². The van der Waals surface area contributed by atoms with Crippen molar-refractivity contribution in [2.24, 2.45) is 7.05 Å². The van der Waals surface area contributed by atoms with Gasteiger partial charge in [-0.2, -0.15) is 43.2 Å². The Labute approximate surface area is 255 Å². The molecule has 2 heterocycles. The highest BCUT2D eigenvalue weighted by atomic mass is 32.2. The number of benzene rings is 2. The molecule has 246 valence electrons. The van der Waals surface area contributed by atoms with Gasteiger partial charge in [0.2, 0.25) is 0 Å². The molecule has 0 fully saturated rings. The third-order valence-electron chi connectivity index (χ3n) is 7.21. The fourth-order valence-corrected chi connectivity index (χ4v) is 6.15. The third-order valence-corrected chi connectivity index (χ3v) is 8.82. The van der Waals surface area contributed by atoms with E-state index >= 15 is 0 Å². The smallest absolute Gasteiger partial charge is 0.329 e. The summed E-state index contributed by atoms with van der Waals surface area (Å²) < 4.78 is 148. The first kappa shape index (κ1) is 34.3. The summed E-state index contributed by atoms with van der Waals surface area (Å²) in [5.41, 5.74) is -0.784. The number of aromatic nitrogens is 2. The molecule has 0 saturated carbocycles. The number of alkyl halides is 6. The molecule has 1 aliphatic rings. The van der Waals surface area contributed by atoms with Crippen LogP contribution in [0.5, 0.6) is 0 Å². The van der Waals surface area contributed by atoms with Crippen LogP contribution in [0, 0.1) is 0 Å². The minimum Gasteiger partial charge on any atom is -0.329 e. The Morgan fingerprint density at radius 2 is 1.38 bits per heavy atom. The lowest BCUT2D eigenvalue weighted by Crippen LogP contribution is -2.31. The van der Waals surface area contributed by atoms with E-state index in [4.69, 9.17) is 9.11 Å². The summed E-state index contributed by atoms with van der Waals surface area (Å²) in [7, 11) is -5.52. The molecule has 4 rings (SSSR count). The molecular formula is C27H29F6N4O6S2+. The summed E-state index contributed by atoms with van der Waals surface area (Å²) in [5, 5.41) is 0. The van der Waals surface area contributed by atoms with Crippen molar-refractivity contribution in [3.05, 3.63) is 71.3 Å². The Morgan fingerprint density at radius 3 is 1.96 bits per heavy atom. The van der Waals surface area contributed by atoms with Crippen LogP contribution in [0.3, 0.4) is 0 Å². The van der Waals surface area contributed by atoms with Crippen molar-refractivity contribution < 1.29 is 56.9 Å². The van der Waals surface area contributed by atoms with E-state index < -0.39 is 55.2 Å². The molecule has 10 nitrogen and oxygen atoms in total. The molecule has 0 amide bonds.